The number of nitrogens with one attached hydrogen (secondary N) is 2. The van der Waals surface area contributed by atoms with Crippen molar-refractivity contribution in [2.24, 2.45) is 0 Å². The van der Waals surface area contributed by atoms with E-state index in [4.69, 9.17) is 9.84 Å². The second-order valence-electron chi connectivity index (χ2n) is 8.42. The predicted molar refractivity (Wildman–Crippen MR) is 123 cm³/mol. The van der Waals surface area contributed by atoms with Gasteiger partial charge in [0.25, 0.3) is 0 Å². The van der Waals surface area contributed by atoms with E-state index in [9.17, 15) is 19.2 Å². The highest BCUT2D eigenvalue weighted by atomic mass is 16.5. The second kappa shape index (κ2) is 10.4. The number of rotatable bonds is 7. The van der Waals surface area contributed by atoms with Gasteiger partial charge in [-0.1, -0.05) is 48.5 Å². The molecule has 9 nitrogen and oxygen atoms in total. The first kappa shape index (κ1) is 23.3. The quantitative estimate of drug-likeness (QED) is 0.575. The topological polar surface area (TPSA) is 125 Å². The van der Waals surface area contributed by atoms with Gasteiger partial charge in [0.05, 0.1) is 6.54 Å². The molecule has 3 amide bonds. The van der Waals surface area contributed by atoms with Gasteiger partial charge in [0, 0.05) is 25.4 Å². The van der Waals surface area contributed by atoms with E-state index in [1.807, 2.05) is 48.5 Å². The molecule has 1 fully saturated rings. The van der Waals surface area contributed by atoms with E-state index in [1.54, 1.807) is 0 Å². The lowest BCUT2D eigenvalue weighted by Gasteiger charge is -2.25. The standard InChI is InChI=1S/C25H27N3O6/c29-22-14-28(13-5-12-26-22)24(32)21(10-11-23(30)31)27-25(33)34-15-20-18-8-3-1-6-16(18)17-7-2-4-9-19(17)20/h1-4,6-9,20-21H,5,10-15H2,(H,26,29)(H,27,33)(H,30,31). The number of carboxylic acid groups (broad SMARTS) is 1. The first-order valence-corrected chi connectivity index (χ1v) is 11.3. The molecule has 34 heavy (non-hydrogen) atoms. The lowest BCUT2D eigenvalue weighted by Crippen LogP contribution is -2.50. The van der Waals surface area contributed by atoms with Crippen LogP contribution in [0.5, 0.6) is 0 Å². The molecule has 178 valence electrons. The molecule has 1 unspecified atom stereocenters. The SMILES string of the molecule is O=C(O)CCC(NC(=O)OCC1c2ccccc2-c2ccccc21)C(=O)N1CCCNC(=O)C1. The highest BCUT2D eigenvalue weighted by Crippen LogP contribution is 2.44. The molecule has 1 saturated heterocycles. The summed E-state index contributed by atoms with van der Waals surface area (Å²) in [5.41, 5.74) is 4.32. The molecule has 9 heteroatoms. The summed E-state index contributed by atoms with van der Waals surface area (Å²) >= 11 is 0. The van der Waals surface area contributed by atoms with Crippen LogP contribution in [0.15, 0.2) is 48.5 Å². The number of carbonyl (C=O) groups excluding carboxylic acids is 3. The fourth-order valence-corrected chi connectivity index (χ4v) is 4.52. The average Bonchev–Trinajstić information content (AvgIpc) is 2.98. The van der Waals surface area contributed by atoms with Gasteiger partial charge in [-0.15, -0.1) is 0 Å². The lowest BCUT2D eigenvalue weighted by atomic mass is 9.98. The summed E-state index contributed by atoms with van der Waals surface area (Å²) < 4.78 is 5.51. The number of amides is 3. The van der Waals surface area contributed by atoms with Crippen molar-refractivity contribution in [3.8, 4) is 11.1 Å². The molecule has 0 saturated carbocycles. The Kier molecular flexibility index (Phi) is 7.10. The number of carbonyl (C=O) groups is 4. The summed E-state index contributed by atoms with van der Waals surface area (Å²) in [6.45, 7) is 0.746. The van der Waals surface area contributed by atoms with E-state index in [0.29, 0.717) is 19.5 Å². The monoisotopic (exact) mass is 465 g/mol. The van der Waals surface area contributed by atoms with E-state index in [2.05, 4.69) is 10.6 Å². The van der Waals surface area contributed by atoms with Crippen LogP contribution >= 0.6 is 0 Å². The van der Waals surface area contributed by atoms with Crippen molar-refractivity contribution < 1.29 is 29.0 Å². The molecule has 2 aromatic carbocycles. The van der Waals surface area contributed by atoms with E-state index < -0.39 is 24.0 Å². The van der Waals surface area contributed by atoms with Crippen molar-refractivity contribution in [1.82, 2.24) is 15.5 Å². The molecule has 2 aromatic rings. The molecular weight excluding hydrogens is 438 g/mol. The molecule has 2 aliphatic rings. The number of hydrogen-bond acceptors (Lipinski definition) is 5. The summed E-state index contributed by atoms with van der Waals surface area (Å²) in [5, 5.41) is 14.3. The number of fused-ring (bicyclic) bond motifs is 3. The number of aliphatic carboxylic acids is 1. The molecular formula is C25H27N3O6. The Labute approximate surface area is 197 Å². The van der Waals surface area contributed by atoms with Gasteiger partial charge in [-0.2, -0.15) is 0 Å². The van der Waals surface area contributed by atoms with Crippen LogP contribution in [0, 0.1) is 0 Å². The van der Waals surface area contributed by atoms with Crippen molar-refractivity contribution in [3.05, 3.63) is 59.7 Å². The van der Waals surface area contributed by atoms with E-state index in [-0.39, 0.29) is 37.8 Å². The zero-order valence-electron chi connectivity index (χ0n) is 18.7. The molecule has 1 aliphatic carbocycles. The first-order chi connectivity index (χ1) is 16.4. The minimum Gasteiger partial charge on any atom is -0.481 e. The van der Waals surface area contributed by atoms with Gasteiger partial charge in [-0.05, 0) is 35.1 Å². The van der Waals surface area contributed by atoms with E-state index in [1.165, 1.54) is 4.90 Å². The maximum atomic E-state index is 13.0. The van der Waals surface area contributed by atoms with Crippen LogP contribution in [0.3, 0.4) is 0 Å². The zero-order valence-corrected chi connectivity index (χ0v) is 18.7. The Balaban J connectivity index is 1.43. The van der Waals surface area contributed by atoms with Crippen LogP contribution in [0.2, 0.25) is 0 Å². The molecule has 0 spiro atoms. The van der Waals surface area contributed by atoms with Gasteiger partial charge in [-0.25, -0.2) is 4.79 Å². The second-order valence-corrected chi connectivity index (χ2v) is 8.42. The van der Waals surface area contributed by atoms with E-state index >= 15 is 0 Å². The number of ether oxygens (including phenoxy) is 1. The summed E-state index contributed by atoms with van der Waals surface area (Å²) in [6, 6.07) is 14.8. The van der Waals surface area contributed by atoms with Crippen LogP contribution in [0.25, 0.3) is 11.1 Å². The van der Waals surface area contributed by atoms with Crippen LogP contribution < -0.4 is 10.6 Å². The Bertz CT molecular complexity index is 1060. The third-order valence-corrected chi connectivity index (χ3v) is 6.15. The van der Waals surface area contributed by atoms with Gasteiger partial charge >= 0.3 is 12.1 Å². The largest absolute Gasteiger partial charge is 0.481 e. The highest BCUT2D eigenvalue weighted by Gasteiger charge is 2.31. The summed E-state index contributed by atoms with van der Waals surface area (Å²) in [7, 11) is 0. The third kappa shape index (κ3) is 5.19. The predicted octanol–water partition coefficient (Wildman–Crippen LogP) is 2.11. The van der Waals surface area contributed by atoms with Crippen molar-refractivity contribution in [1.29, 1.82) is 0 Å². The average molecular weight is 466 g/mol. The summed E-state index contributed by atoms with van der Waals surface area (Å²) in [4.78, 5) is 50.0. The van der Waals surface area contributed by atoms with Crippen molar-refractivity contribution in [3.63, 3.8) is 0 Å². The fraction of sp³-hybridized carbons (Fsp3) is 0.360. The van der Waals surface area contributed by atoms with Gasteiger partial charge in [0.2, 0.25) is 11.8 Å². The maximum absolute atomic E-state index is 13.0. The van der Waals surface area contributed by atoms with Crippen molar-refractivity contribution in [2.75, 3.05) is 26.2 Å². The Morgan fingerprint density at radius 3 is 2.38 bits per heavy atom. The molecule has 1 heterocycles. The van der Waals surface area contributed by atoms with Gasteiger partial charge in [-0.3, -0.25) is 14.4 Å². The molecule has 0 radical (unpaired) electrons. The molecule has 1 atom stereocenters. The van der Waals surface area contributed by atoms with Crippen molar-refractivity contribution in [2.45, 2.75) is 31.2 Å². The molecule has 4 rings (SSSR count). The lowest BCUT2D eigenvalue weighted by molar-refractivity contribution is -0.139. The summed E-state index contributed by atoms with van der Waals surface area (Å²) in [5.74, 6) is -2.00. The molecule has 1 aliphatic heterocycles. The van der Waals surface area contributed by atoms with Crippen molar-refractivity contribution >= 4 is 23.9 Å². The number of hydrogen-bond donors (Lipinski definition) is 3. The third-order valence-electron chi connectivity index (χ3n) is 6.15. The minimum absolute atomic E-state index is 0.0752. The van der Waals surface area contributed by atoms with Crippen LogP contribution in [0.1, 0.15) is 36.3 Å². The number of benzene rings is 2. The normalized spacial score (nSPS) is 16.0. The molecule has 0 aromatic heterocycles. The zero-order chi connectivity index (χ0) is 24.1. The summed E-state index contributed by atoms with van der Waals surface area (Å²) in [6.07, 6.45) is -0.630. The molecule has 3 N–H and O–H groups in total. The van der Waals surface area contributed by atoms with Crippen LogP contribution in [-0.4, -0.2) is 66.2 Å². The minimum atomic E-state index is -1.10. The number of nitrogens with zero attached hydrogens (tertiary/aromatic N) is 1. The number of carboxylic acids is 1. The maximum Gasteiger partial charge on any atom is 0.407 e. The first-order valence-electron chi connectivity index (χ1n) is 11.3. The van der Waals surface area contributed by atoms with E-state index in [0.717, 1.165) is 22.3 Å². The fourth-order valence-electron chi connectivity index (χ4n) is 4.52. The van der Waals surface area contributed by atoms with Crippen LogP contribution in [0.4, 0.5) is 4.79 Å². The highest BCUT2D eigenvalue weighted by molar-refractivity contribution is 5.90. The Morgan fingerprint density at radius 2 is 1.74 bits per heavy atom. The molecule has 0 bridgehead atoms. The van der Waals surface area contributed by atoms with Gasteiger partial charge in [0.1, 0.15) is 12.6 Å². The van der Waals surface area contributed by atoms with Crippen LogP contribution in [-0.2, 0) is 19.1 Å². The Hall–Kier alpha value is -3.88. The smallest absolute Gasteiger partial charge is 0.407 e. The van der Waals surface area contributed by atoms with Gasteiger partial charge < -0.3 is 25.4 Å². The Morgan fingerprint density at radius 1 is 1.09 bits per heavy atom. The van der Waals surface area contributed by atoms with Gasteiger partial charge in [0.15, 0.2) is 0 Å². The number of alkyl carbamates (subject to hydrolysis) is 1.